The number of pyridine rings is 1. The number of rotatable bonds is 11. The van der Waals surface area contributed by atoms with E-state index in [0.717, 1.165) is 35.4 Å². The van der Waals surface area contributed by atoms with Crippen LogP contribution in [0.4, 0.5) is 28.7 Å². The molecule has 2 aromatic heterocycles. The summed E-state index contributed by atoms with van der Waals surface area (Å²) in [5.41, 5.74) is 4.64. The minimum absolute atomic E-state index is 0.195. The highest BCUT2D eigenvalue weighted by atomic mass is 16.5. The fourth-order valence-corrected chi connectivity index (χ4v) is 4.49. The average Bonchev–Trinajstić information content (AvgIpc) is 2.96. The number of ether oxygens (including phenoxy) is 1. The summed E-state index contributed by atoms with van der Waals surface area (Å²) in [6.07, 6.45) is 2.92. The third-order valence-electron chi connectivity index (χ3n) is 6.89. The molecule has 0 aliphatic carbocycles. The lowest BCUT2D eigenvalue weighted by Gasteiger charge is -2.26. The van der Waals surface area contributed by atoms with Crippen LogP contribution in [0.5, 0.6) is 5.75 Å². The maximum atomic E-state index is 13.2. The van der Waals surface area contributed by atoms with Crippen molar-refractivity contribution in [2.75, 3.05) is 75.9 Å². The van der Waals surface area contributed by atoms with Gasteiger partial charge in [-0.15, -0.1) is 0 Å². The van der Waals surface area contributed by atoms with Gasteiger partial charge in [0.1, 0.15) is 5.75 Å². The van der Waals surface area contributed by atoms with E-state index in [-0.39, 0.29) is 17.4 Å². The monoisotopic (exact) mass is 570 g/mol. The van der Waals surface area contributed by atoms with Gasteiger partial charge in [0, 0.05) is 63.6 Å². The second-order valence-corrected chi connectivity index (χ2v) is 10.5. The summed E-state index contributed by atoms with van der Waals surface area (Å²) in [7, 11) is 11.5. The fraction of sp³-hybridized carbons (Fsp3) is 0.290. The van der Waals surface area contributed by atoms with E-state index in [1.807, 2.05) is 82.3 Å². The number of methoxy groups -OCH3 is 1. The molecule has 0 aliphatic rings. The zero-order chi connectivity index (χ0) is 30.6. The number of amides is 1. The van der Waals surface area contributed by atoms with Gasteiger partial charge in [-0.05, 0) is 63.0 Å². The van der Waals surface area contributed by atoms with E-state index in [1.165, 1.54) is 6.08 Å². The maximum absolute atomic E-state index is 13.2. The largest absolute Gasteiger partial charge is 0.494 e. The third kappa shape index (κ3) is 6.52. The maximum Gasteiger partial charge on any atom is 0.257 e. The van der Waals surface area contributed by atoms with Crippen molar-refractivity contribution in [3.05, 3.63) is 77.2 Å². The predicted molar refractivity (Wildman–Crippen MR) is 171 cm³/mol. The van der Waals surface area contributed by atoms with Gasteiger partial charge in [-0.1, -0.05) is 6.58 Å². The van der Waals surface area contributed by atoms with E-state index in [9.17, 15) is 9.59 Å². The van der Waals surface area contributed by atoms with Crippen LogP contribution in [0.25, 0.3) is 16.7 Å². The number of anilines is 5. The molecular weight excluding hydrogens is 532 g/mol. The molecular formula is C31H38N8O3. The lowest BCUT2D eigenvalue weighted by atomic mass is 10.2. The molecule has 0 saturated carbocycles. The number of fused-ring (bicyclic) bond motifs is 1. The molecule has 2 aromatic carbocycles. The van der Waals surface area contributed by atoms with E-state index in [4.69, 9.17) is 9.72 Å². The number of carbonyl (C=O) groups excluding carboxylic acids is 1. The Kier molecular flexibility index (Phi) is 9.12. The van der Waals surface area contributed by atoms with Crippen molar-refractivity contribution in [3.63, 3.8) is 0 Å². The van der Waals surface area contributed by atoms with Gasteiger partial charge in [-0.25, -0.2) is 4.98 Å². The van der Waals surface area contributed by atoms with Crippen molar-refractivity contribution >= 4 is 45.6 Å². The smallest absolute Gasteiger partial charge is 0.257 e. The molecule has 220 valence electrons. The van der Waals surface area contributed by atoms with Gasteiger partial charge in [0.25, 0.3) is 5.56 Å². The number of likely N-dealkylation sites (N-methyl/N-ethyl adjacent to an activating group) is 2. The molecule has 0 atom stereocenters. The van der Waals surface area contributed by atoms with E-state index in [1.54, 1.807) is 30.0 Å². The van der Waals surface area contributed by atoms with Crippen molar-refractivity contribution in [3.8, 4) is 11.4 Å². The molecule has 11 heteroatoms. The van der Waals surface area contributed by atoms with Crippen LogP contribution in [0.1, 0.15) is 5.56 Å². The highest BCUT2D eigenvalue weighted by molar-refractivity contribution is 6.02. The number of aryl methyl sites for hydroxylation is 1. The molecule has 0 fully saturated rings. The summed E-state index contributed by atoms with van der Waals surface area (Å²) in [6.45, 7) is 6.98. The van der Waals surface area contributed by atoms with Crippen LogP contribution in [0, 0.1) is 6.92 Å². The highest BCUT2D eigenvalue weighted by Gasteiger charge is 2.18. The van der Waals surface area contributed by atoms with Gasteiger partial charge in [0.2, 0.25) is 11.9 Å². The average molecular weight is 571 g/mol. The van der Waals surface area contributed by atoms with Crippen LogP contribution in [0.15, 0.2) is 66.1 Å². The molecule has 42 heavy (non-hydrogen) atoms. The van der Waals surface area contributed by atoms with Gasteiger partial charge in [-0.3, -0.25) is 14.2 Å². The first-order chi connectivity index (χ1) is 20.0. The van der Waals surface area contributed by atoms with E-state index in [0.29, 0.717) is 28.5 Å². The molecule has 0 aliphatic heterocycles. The number of nitrogens with one attached hydrogen (secondary N) is 2. The second-order valence-electron chi connectivity index (χ2n) is 10.5. The van der Waals surface area contributed by atoms with E-state index >= 15 is 0 Å². The zero-order valence-corrected chi connectivity index (χ0v) is 25.2. The molecule has 0 unspecified atom stereocenters. The second kappa shape index (κ2) is 12.7. The Bertz CT molecular complexity index is 1660. The Balaban J connectivity index is 1.80. The Morgan fingerprint density at radius 1 is 1.05 bits per heavy atom. The summed E-state index contributed by atoms with van der Waals surface area (Å²) in [4.78, 5) is 41.0. The van der Waals surface area contributed by atoms with Gasteiger partial charge in [-0.2, -0.15) is 4.98 Å². The van der Waals surface area contributed by atoms with Crippen LogP contribution in [0.2, 0.25) is 0 Å². The standard InChI is InChI=1S/C31H38N8O3/c1-9-28(40)33-24-17-25(27(42-8)18-26(24)38(7)15-14-36(3)4)34-31-32-19-23-20(2)16-29(41)39(30(23)35-31)22-12-10-21(11-13-22)37(5)6/h9-13,16-19H,1,14-15H2,2-8H3,(H,33,40)(H,32,34,35). The van der Waals surface area contributed by atoms with Crippen LogP contribution in [0.3, 0.4) is 0 Å². The quantitative estimate of drug-likeness (QED) is 0.259. The van der Waals surface area contributed by atoms with Crippen LogP contribution < -0.4 is 30.7 Å². The van der Waals surface area contributed by atoms with Crippen LogP contribution in [-0.4, -0.2) is 80.8 Å². The Hall–Kier alpha value is -4.90. The summed E-state index contributed by atoms with van der Waals surface area (Å²) >= 11 is 0. The molecule has 11 nitrogen and oxygen atoms in total. The van der Waals surface area contributed by atoms with Gasteiger partial charge < -0.3 is 30.1 Å². The molecule has 0 saturated heterocycles. The Morgan fingerprint density at radius 3 is 2.38 bits per heavy atom. The van der Waals surface area contributed by atoms with E-state index < -0.39 is 0 Å². The summed E-state index contributed by atoms with van der Waals surface area (Å²) in [5.74, 6) is 0.456. The topological polar surface area (TPSA) is 108 Å². The van der Waals surface area contributed by atoms with Crippen molar-refractivity contribution < 1.29 is 9.53 Å². The summed E-state index contributed by atoms with van der Waals surface area (Å²) in [6, 6.07) is 12.9. The van der Waals surface area contributed by atoms with E-state index in [2.05, 4.69) is 27.1 Å². The van der Waals surface area contributed by atoms with Crippen molar-refractivity contribution in [1.82, 2.24) is 19.4 Å². The SMILES string of the molecule is C=CC(=O)Nc1cc(Nc2ncc3c(C)cc(=O)n(-c4ccc(N(C)C)cc4)c3n2)c(OC)cc1N(C)CCN(C)C. The first-order valence-electron chi connectivity index (χ1n) is 13.5. The molecule has 0 bridgehead atoms. The highest BCUT2D eigenvalue weighted by Crippen LogP contribution is 2.38. The molecule has 2 N–H and O–H groups in total. The number of benzene rings is 2. The summed E-state index contributed by atoms with van der Waals surface area (Å²) in [5, 5.41) is 6.88. The molecule has 4 aromatic rings. The normalized spacial score (nSPS) is 11.0. The van der Waals surface area contributed by atoms with Gasteiger partial charge in [0.15, 0.2) is 5.65 Å². The molecule has 0 radical (unpaired) electrons. The molecule has 4 rings (SSSR count). The minimum Gasteiger partial charge on any atom is -0.494 e. The lowest BCUT2D eigenvalue weighted by Crippen LogP contribution is -2.29. The first-order valence-corrected chi connectivity index (χ1v) is 13.5. The number of aromatic nitrogens is 3. The van der Waals surface area contributed by atoms with Crippen LogP contribution >= 0.6 is 0 Å². The first kappa shape index (κ1) is 30.1. The zero-order valence-electron chi connectivity index (χ0n) is 25.2. The number of hydrogen-bond donors (Lipinski definition) is 2. The summed E-state index contributed by atoms with van der Waals surface area (Å²) < 4.78 is 7.30. The molecule has 2 heterocycles. The molecule has 0 spiro atoms. The fourth-order valence-electron chi connectivity index (χ4n) is 4.49. The minimum atomic E-state index is -0.338. The van der Waals surface area contributed by atoms with Crippen molar-refractivity contribution in [1.29, 1.82) is 0 Å². The predicted octanol–water partition coefficient (Wildman–Crippen LogP) is 4.03. The number of hydrogen-bond acceptors (Lipinski definition) is 9. The Morgan fingerprint density at radius 2 is 1.76 bits per heavy atom. The molecule has 1 amide bonds. The van der Waals surface area contributed by atoms with Crippen molar-refractivity contribution in [2.45, 2.75) is 6.92 Å². The third-order valence-corrected chi connectivity index (χ3v) is 6.89. The van der Waals surface area contributed by atoms with Gasteiger partial charge in [0.05, 0.1) is 29.9 Å². The van der Waals surface area contributed by atoms with Gasteiger partial charge >= 0.3 is 0 Å². The van der Waals surface area contributed by atoms with Crippen LogP contribution in [-0.2, 0) is 4.79 Å². The number of carbonyl (C=O) groups is 1. The lowest BCUT2D eigenvalue weighted by molar-refractivity contribution is -0.111. The van der Waals surface area contributed by atoms with Crippen molar-refractivity contribution in [2.24, 2.45) is 0 Å². The Labute approximate surface area is 246 Å². The number of nitrogens with zero attached hydrogens (tertiary/aromatic N) is 6.